The molecule has 0 saturated heterocycles. The summed E-state index contributed by atoms with van der Waals surface area (Å²) in [6.07, 6.45) is 0.715. The quantitative estimate of drug-likeness (QED) is 0.508. The first kappa shape index (κ1) is 14.8. The van der Waals surface area contributed by atoms with Gasteiger partial charge in [-0.25, -0.2) is 0 Å². The second kappa shape index (κ2) is 5.15. The molecule has 7 heteroatoms. The van der Waals surface area contributed by atoms with Crippen LogP contribution in [0.3, 0.4) is 0 Å². The van der Waals surface area contributed by atoms with Crippen LogP contribution >= 0.6 is 0 Å². The van der Waals surface area contributed by atoms with Crippen LogP contribution in [0.2, 0.25) is 0 Å². The van der Waals surface area contributed by atoms with E-state index in [4.69, 9.17) is 15.4 Å². The molecule has 4 N–H and O–H groups in total. The normalized spacial score (nSPS) is 11.5. The van der Waals surface area contributed by atoms with Gasteiger partial charge in [-0.3, -0.25) is 9.35 Å². The monoisotopic (exact) mass is 213 g/mol. The first-order valence-corrected chi connectivity index (χ1v) is 5.19. The van der Waals surface area contributed by atoms with Crippen molar-refractivity contribution in [3.8, 4) is 0 Å². The highest BCUT2D eigenvalue weighted by molar-refractivity contribution is 7.85. The molecule has 0 aromatic rings. The predicted molar refractivity (Wildman–Crippen MR) is 47.5 cm³/mol. The van der Waals surface area contributed by atoms with Gasteiger partial charge in [-0.15, -0.1) is 0 Å². The van der Waals surface area contributed by atoms with Gasteiger partial charge in [0, 0.05) is 0 Å². The first-order valence-electron chi connectivity index (χ1n) is 3.34. The van der Waals surface area contributed by atoms with Crippen LogP contribution in [0.25, 0.3) is 0 Å². The van der Waals surface area contributed by atoms with Gasteiger partial charge in [0.15, 0.2) is 0 Å². The molecule has 0 unspecified atom stereocenters. The van der Waals surface area contributed by atoms with E-state index in [-0.39, 0.29) is 6.61 Å². The fourth-order valence-corrected chi connectivity index (χ4v) is 0.0779. The van der Waals surface area contributed by atoms with Crippen molar-refractivity contribution < 1.29 is 22.9 Å². The van der Waals surface area contributed by atoms with Gasteiger partial charge in [0.25, 0.3) is 10.1 Å². The highest BCUT2D eigenvalue weighted by atomic mass is 32.2. The maximum Gasteiger partial charge on any atom is 0.261 e. The van der Waals surface area contributed by atoms with E-state index in [1.165, 1.54) is 0 Å². The number of aliphatic hydroxyl groups excluding tert-OH is 1. The Morgan fingerprint density at radius 3 is 1.69 bits per heavy atom. The molecule has 0 spiro atoms. The number of carbonyl (C=O) groups excluding carboxylic acids is 1. The molecule has 0 bridgehead atoms. The molecule has 0 saturated carbocycles. The largest absolute Gasteiger partial charge is 0.395 e. The summed E-state index contributed by atoms with van der Waals surface area (Å²) in [5.74, 6) is -0.472. The smallest absolute Gasteiger partial charge is 0.261 e. The Labute approximate surface area is 77.5 Å². The molecule has 0 aromatic carbocycles. The third-order valence-electron chi connectivity index (χ3n) is 1.06. The zero-order valence-corrected chi connectivity index (χ0v) is 8.63. The number of aliphatic hydroxyl groups is 1. The summed E-state index contributed by atoms with van der Waals surface area (Å²) in [5.41, 5.74) is 4.12. The standard InChI is InChI=1S/C5H11NO2.CH4O3S/c1-5(2,3-7)4(6)8;1-5(2,3)4/h7H,3H2,1-2H3,(H2,6,8);1H3,(H,2,3,4). The minimum absolute atomic E-state index is 0.192. The number of rotatable bonds is 2. The Morgan fingerprint density at radius 2 is 1.69 bits per heavy atom. The van der Waals surface area contributed by atoms with Gasteiger partial charge in [-0.2, -0.15) is 8.42 Å². The van der Waals surface area contributed by atoms with E-state index in [2.05, 4.69) is 0 Å². The van der Waals surface area contributed by atoms with Crippen molar-refractivity contribution in [2.24, 2.45) is 11.1 Å². The molecule has 1 amide bonds. The van der Waals surface area contributed by atoms with Crippen molar-refractivity contribution in [1.82, 2.24) is 0 Å². The molecule has 13 heavy (non-hydrogen) atoms. The minimum Gasteiger partial charge on any atom is -0.395 e. The Kier molecular flexibility index (Phi) is 5.88. The lowest BCUT2D eigenvalue weighted by molar-refractivity contribution is -0.127. The van der Waals surface area contributed by atoms with Crippen molar-refractivity contribution in [1.29, 1.82) is 0 Å². The molecule has 0 aliphatic heterocycles. The predicted octanol–water partition coefficient (Wildman–Crippen LogP) is -1.01. The fourth-order valence-electron chi connectivity index (χ4n) is 0.0779. The van der Waals surface area contributed by atoms with Crippen molar-refractivity contribution in [2.75, 3.05) is 12.9 Å². The average molecular weight is 213 g/mol. The van der Waals surface area contributed by atoms with Crippen LogP contribution in [0.4, 0.5) is 0 Å². The van der Waals surface area contributed by atoms with Crippen molar-refractivity contribution in [3.05, 3.63) is 0 Å². The molecule has 0 aliphatic carbocycles. The first-order chi connectivity index (χ1) is 5.50. The van der Waals surface area contributed by atoms with Crippen molar-refractivity contribution in [2.45, 2.75) is 13.8 Å². The lowest BCUT2D eigenvalue weighted by Gasteiger charge is -2.15. The van der Waals surface area contributed by atoms with Gasteiger partial charge in [-0.1, -0.05) is 0 Å². The molecule has 80 valence electrons. The summed E-state index contributed by atoms with van der Waals surface area (Å²) < 4.78 is 25.9. The van der Waals surface area contributed by atoms with Crippen LogP contribution < -0.4 is 5.73 Å². The van der Waals surface area contributed by atoms with Gasteiger partial charge in [0.1, 0.15) is 0 Å². The third-order valence-corrected chi connectivity index (χ3v) is 1.06. The number of amides is 1. The molecule has 0 heterocycles. The molecular weight excluding hydrogens is 198 g/mol. The maximum absolute atomic E-state index is 10.3. The fraction of sp³-hybridized carbons (Fsp3) is 0.833. The summed E-state index contributed by atoms with van der Waals surface area (Å²) in [4.78, 5) is 10.3. The van der Waals surface area contributed by atoms with Crippen LogP contribution in [-0.2, 0) is 14.9 Å². The zero-order valence-electron chi connectivity index (χ0n) is 7.81. The van der Waals surface area contributed by atoms with E-state index in [9.17, 15) is 13.2 Å². The Hall–Kier alpha value is -0.660. The number of hydrogen-bond acceptors (Lipinski definition) is 4. The highest BCUT2D eigenvalue weighted by Crippen LogP contribution is 2.10. The van der Waals surface area contributed by atoms with Crippen LogP contribution in [0.1, 0.15) is 13.8 Å². The Balaban J connectivity index is 0. The summed E-state index contributed by atoms with van der Waals surface area (Å²) in [5, 5.41) is 8.46. The zero-order chi connectivity index (χ0) is 11.3. The van der Waals surface area contributed by atoms with Crippen molar-refractivity contribution >= 4 is 16.0 Å². The summed E-state index contributed by atoms with van der Waals surface area (Å²) >= 11 is 0. The topological polar surface area (TPSA) is 118 Å². The molecular formula is C6H15NO5S. The summed E-state index contributed by atoms with van der Waals surface area (Å²) in [7, 11) is -3.67. The lowest BCUT2D eigenvalue weighted by Crippen LogP contribution is -2.34. The minimum atomic E-state index is -3.67. The number of primary amides is 1. The molecule has 0 aromatic heterocycles. The second-order valence-electron chi connectivity index (χ2n) is 3.14. The van der Waals surface area contributed by atoms with E-state index in [0.717, 1.165) is 0 Å². The van der Waals surface area contributed by atoms with E-state index in [1.54, 1.807) is 13.8 Å². The summed E-state index contributed by atoms with van der Waals surface area (Å²) in [6, 6.07) is 0. The lowest BCUT2D eigenvalue weighted by atomic mass is 9.94. The van der Waals surface area contributed by atoms with Gasteiger partial charge in [0.2, 0.25) is 5.91 Å². The Morgan fingerprint density at radius 1 is 1.46 bits per heavy atom. The van der Waals surface area contributed by atoms with E-state index in [0.29, 0.717) is 6.26 Å². The van der Waals surface area contributed by atoms with E-state index in [1.807, 2.05) is 0 Å². The SMILES string of the molecule is CC(C)(CO)C(N)=O.CS(=O)(=O)O. The molecule has 0 rings (SSSR count). The van der Waals surface area contributed by atoms with Crippen LogP contribution in [0.5, 0.6) is 0 Å². The van der Waals surface area contributed by atoms with Gasteiger partial charge in [0.05, 0.1) is 18.3 Å². The molecule has 0 atom stereocenters. The van der Waals surface area contributed by atoms with Gasteiger partial charge in [-0.05, 0) is 13.8 Å². The second-order valence-corrected chi connectivity index (χ2v) is 4.61. The maximum atomic E-state index is 10.3. The van der Waals surface area contributed by atoms with Crippen LogP contribution in [0.15, 0.2) is 0 Å². The van der Waals surface area contributed by atoms with Crippen LogP contribution in [-0.4, -0.2) is 36.8 Å². The third kappa shape index (κ3) is 14.2. The van der Waals surface area contributed by atoms with Crippen LogP contribution in [0, 0.1) is 5.41 Å². The molecule has 0 fully saturated rings. The average Bonchev–Trinajstić information content (AvgIpc) is 1.83. The summed E-state index contributed by atoms with van der Waals surface area (Å²) in [6.45, 7) is 2.99. The number of nitrogens with two attached hydrogens (primary N) is 1. The highest BCUT2D eigenvalue weighted by Gasteiger charge is 2.22. The molecule has 6 nitrogen and oxygen atoms in total. The van der Waals surface area contributed by atoms with Crippen molar-refractivity contribution in [3.63, 3.8) is 0 Å². The van der Waals surface area contributed by atoms with Gasteiger partial charge < -0.3 is 10.8 Å². The molecule has 0 aliphatic rings. The van der Waals surface area contributed by atoms with Gasteiger partial charge >= 0.3 is 0 Å². The van der Waals surface area contributed by atoms with E-state index >= 15 is 0 Å². The Bertz CT molecular complexity index is 248. The number of carbonyl (C=O) groups is 1. The van der Waals surface area contributed by atoms with E-state index < -0.39 is 21.4 Å². The molecule has 0 radical (unpaired) electrons. The number of hydrogen-bond donors (Lipinski definition) is 3.